The van der Waals surface area contributed by atoms with Gasteiger partial charge in [0.2, 0.25) is 0 Å². The molecule has 1 heterocycles. The first kappa shape index (κ1) is 20.1. The number of carbonyl (C=O) groups excluding carboxylic acids is 1. The summed E-state index contributed by atoms with van der Waals surface area (Å²) < 4.78 is 5.53. The second kappa shape index (κ2) is 9.09. The van der Waals surface area contributed by atoms with E-state index in [0.717, 1.165) is 27.5 Å². The predicted octanol–water partition coefficient (Wildman–Crippen LogP) is 5.06. The Kier molecular flexibility index (Phi) is 5.89. The van der Waals surface area contributed by atoms with E-state index in [9.17, 15) is 4.79 Å². The van der Waals surface area contributed by atoms with Gasteiger partial charge < -0.3 is 4.74 Å². The summed E-state index contributed by atoms with van der Waals surface area (Å²) in [6, 6.07) is 23.5. The van der Waals surface area contributed by atoms with Gasteiger partial charge in [-0.2, -0.15) is 10.2 Å². The fourth-order valence-corrected chi connectivity index (χ4v) is 3.35. The summed E-state index contributed by atoms with van der Waals surface area (Å²) >= 11 is 0. The summed E-state index contributed by atoms with van der Waals surface area (Å²) in [4.78, 5) is 12.5. The summed E-state index contributed by atoms with van der Waals surface area (Å²) in [7, 11) is 1.62. The van der Waals surface area contributed by atoms with Crippen molar-refractivity contribution in [3.63, 3.8) is 0 Å². The highest BCUT2D eigenvalue weighted by atomic mass is 16.5. The number of carbonyl (C=O) groups is 1. The van der Waals surface area contributed by atoms with Gasteiger partial charge in [0.05, 0.1) is 24.6 Å². The quantitative estimate of drug-likeness (QED) is 0.345. The molecule has 0 bridgehead atoms. The van der Waals surface area contributed by atoms with Gasteiger partial charge in [-0.15, -0.1) is 0 Å². The van der Waals surface area contributed by atoms with Crippen molar-refractivity contribution in [2.24, 2.45) is 5.10 Å². The number of rotatable bonds is 6. The van der Waals surface area contributed by atoms with E-state index in [1.54, 1.807) is 19.4 Å². The molecule has 2 N–H and O–H groups in total. The molecule has 0 aliphatic carbocycles. The Morgan fingerprint density at radius 1 is 1.06 bits per heavy atom. The van der Waals surface area contributed by atoms with Crippen LogP contribution in [0.25, 0.3) is 28.1 Å². The van der Waals surface area contributed by atoms with Crippen LogP contribution in [0.5, 0.6) is 5.75 Å². The summed E-state index contributed by atoms with van der Waals surface area (Å²) in [6.07, 6.45) is 3.59. The fraction of sp³-hybridized carbons (Fsp3) is 0.0800. The first-order valence-electron chi connectivity index (χ1n) is 9.84. The largest absolute Gasteiger partial charge is 0.496 e. The van der Waals surface area contributed by atoms with Crippen LogP contribution in [0.1, 0.15) is 23.0 Å². The third kappa shape index (κ3) is 4.53. The molecule has 0 radical (unpaired) electrons. The first-order chi connectivity index (χ1) is 15.2. The van der Waals surface area contributed by atoms with Crippen molar-refractivity contribution in [1.82, 2.24) is 15.6 Å². The normalized spacial score (nSPS) is 11.7. The SMILES string of the molecule is COc1ccc2ccccc2c1-c1cc(C(=O)N/N=C/C(C)=C/c2ccccc2)[nH]n1. The number of aromatic nitrogens is 2. The molecule has 1 aromatic heterocycles. The van der Waals surface area contributed by atoms with E-state index in [4.69, 9.17) is 4.74 Å². The Hall–Kier alpha value is -4.19. The molecule has 4 rings (SSSR count). The Balaban J connectivity index is 1.52. The lowest BCUT2D eigenvalue weighted by Gasteiger charge is -2.09. The maximum Gasteiger partial charge on any atom is 0.289 e. The molecule has 0 unspecified atom stereocenters. The fourth-order valence-electron chi connectivity index (χ4n) is 3.35. The Labute approximate surface area is 180 Å². The summed E-state index contributed by atoms with van der Waals surface area (Å²) in [5.74, 6) is 0.318. The molecule has 3 aromatic carbocycles. The molecular weight excluding hydrogens is 388 g/mol. The number of aromatic amines is 1. The molecule has 154 valence electrons. The van der Waals surface area contributed by atoms with Gasteiger partial charge in [0.15, 0.2) is 0 Å². The lowest BCUT2D eigenvalue weighted by Crippen LogP contribution is -2.17. The van der Waals surface area contributed by atoms with Gasteiger partial charge in [0, 0.05) is 0 Å². The standard InChI is InChI=1S/C25H22N4O2/c1-17(14-18-8-4-3-5-9-18)16-26-29-25(30)22-15-21(27-28-22)24-20-11-7-6-10-19(20)12-13-23(24)31-2/h3-16H,1-2H3,(H,27,28)(H,29,30)/b17-14+,26-16+. The van der Waals surface area contributed by atoms with Crippen molar-refractivity contribution >= 4 is 29.0 Å². The Morgan fingerprint density at radius 2 is 1.84 bits per heavy atom. The third-order valence-corrected chi connectivity index (χ3v) is 4.82. The van der Waals surface area contributed by atoms with Crippen LogP contribution < -0.4 is 10.2 Å². The van der Waals surface area contributed by atoms with Crippen LogP contribution in [-0.4, -0.2) is 29.4 Å². The minimum atomic E-state index is -0.373. The van der Waals surface area contributed by atoms with Gasteiger partial charge in [-0.1, -0.05) is 66.7 Å². The lowest BCUT2D eigenvalue weighted by molar-refractivity contribution is 0.0950. The van der Waals surface area contributed by atoms with E-state index < -0.39 is 0 Å². The van der Waals surface area contributed by atoms with Crippen molar-refractivity contribution in [2.75, 3.05) is 7.11 Å². The molecule has 0 atom stereocenters. The maximum atomic E-state index is 12.5. The van der Waals surface area contributed by atoms with Crippen LogP contribution >= 0.6 is 0 Å². The predicted molar refractivity (Wildman–Crippen MR) is 124 cm³/mol. The molecular formula is C25H22N4O2. The van der Waals surface area contributed by atoms with Crippen molar-refractivity contribution in [1.29, 1.82) is 0 Å². The topological polar surface area (TPSA) is 79.4 Å². The third-order valence-electron chi connectivity index (χ3n) is 4.82. The second-order valence-corrected chi connectivity index (χ2v) is 7.03. The van der Waals surface area contributed by atoms with Crippen LogP contribution in [0, 0.1) is 0 Å². The number of nitrogens with one attached hydrogen (secondary N) is 2. The van der Waals surface area contributed by atoms with Crippen LogP contribution in [0.3, 0.4) is 0 Å². The van der Waals surface area contributed by atoms with E-state index in [2.05, 4.69) is 20.7 Å². The van der Waals surface area contributed by atoms with Gasteiger partial charge in [0.1, 0.15) is 11.4 Å². The molecule has 0 saturated heterocycles. The Bertz CT molecular complexity index is 1270. The van der Waals surface area contributed by atoms with Crippen molar-refractivity contribution in [3.8, 4) is 17.0 Å². The van der Waals surface area contributed by atoms with E-state index in [1.807, 2.05) is 79.7 Å². The van der Waals surface area contributed by atoms with E-state index in [1.165, 1.54) is 0 Å². The number of ether oxygens (including phenoxy) is 1. The van der Waals surface area contributed by atoms with Crippen molar-refractivity contribution in [2.45, 2.75) is 6.92 Å². The molecule has 1 amide bonds. The number of amides is 1. The number of benzene rings is 3. The number of fused-ring (bicyclic) bond motifs is 1. The van der Waals surface area contributed by atoms with Gasteiger partial charge in [-0.05, 0) is 41.0 Å². The monoisotopic (exact) mass is 410 g/mol. The maximum absolute atomic E-state index is 12.5. The van der Waals surface area contributed by atoms with Crippen molar-refractivity contribution < 1.29 is 9.53 Å². The van der Waals surface area contributed by atoms with Gasteiger partial charge in [-0.25, -0.2) is 5.43 Å². The molecule has 31 heavy (non-hydrogen) atoms. The highest BCUT2D eigenvalue weighted by Crippen LogP contribution is 2.36. The average molecular weight is 410 g/mol. The number of methoxy groups -OCH3 is 1. The van der Waals surface area contributed by atoms with Crippen LogP contribution in [-0.2, 0) is 0 Å². The zero-order valence-corrected chi connectivity index (χ0v) is 17.3. The highest BCUT2D eigenvalue weighted by molar-refractivity contribution is 6.00. The smallest absolute Gasteiger partial charge is 0.289 e. The first-order valence-corrected chi connectivity index (χ1v) is 9.84. The highest BCUT2D eigenvalue weighted by Gasteiger charge is 2.16. The molecule has 0 fully saturated rings. The molecule has 6 heteroatoms. The number of allylic oxidation sites excluding steroid dienone is 1. The molecule has 6 nitrogen and oxygen atoms in total. The van der Waals surface area contributed by atoms with Gasteiger partial charge >= 0.3 is 0 Å². The number of hydrogen-bond donors (Lipinski definition) is 2. The Morgan fingerprint density at radius 3 is 2.65 bits per heavy atom. The minimum absolute atomic E-state index is 0.312. The van der Waals surface area contributed by atoms with E-state index in [0.29, 0.717) is 17.1 Å². The van der Waals surface area contributed by atoms with Crippen LogP contribution in [0.4, 0.5) is 0 Å². The molecule has 4 aromatic rings. The number of nitrogens with zero attached hydrogens (tertiary/aromatic N) is 2. The zero-order chi connectivity index (χ0) is 21.6. The average Bonchev–Trinajstić information content (AvgIpc) is 3.29. The minimum Gasteiger partial charge on any atom is -0.496 e. The summed E-state index contributed by atoms with van der Waals surface area (Å²) in [6.45, 7) is 1.92. The molecule has 0 spiro atoms. The van der Waals surface area contributed by atoms with E-state index in [-0.39, 0.29) is 5.91 Å². The molecule has 0 saturated carbocycles. The molecule has 0 aliphatic rings. The van der Waals surface area contributed by atoms with Crippen molar-refractivity contribution in [3.05, 3.63) is 89.6 Å². The lowest BCUT2D eigenvalue weighted by atomic mass is 10.0. The van der Waals surface area contributed by atoms with Crippen LogP contribution in [0.2, 0.25) is 0 Å². The van der Waals surface area contributed by atoms with Crippen LogP contribution in [0.15, 0.2) is 83.5 Å². The molecule has 0 aliphatic heterocycles. The number of hydrazone groups is 1. The van der Waals surface area contributed by atoms with Gasteiger partial charge in [0.25, 0.3) is 5.91 Å². The zero-order valence-electron chi connectivity index (χ0n) is 17.3. The second-order valence-electron chi connectivity index (χ2n) is 7.03. The van der Waals surface area contributed by atoms with Gasteiger partial charge in [-0.3, -0.25) is 9.89 Å². The van der Waals surface area contributed by atoms with E-state index >= 15 is 0 Å². The number of hydrogen-bond acceptors (Lipinski definition) is 4. The summed E-state index contributed by atoms with van der Waals surface area (Å²) in [5.41, 5.74) is 6.29. The summed E-state index contributed by atoms with van der Waals surface area (Å²) in [5, 5.41) is 13.2. The number of H-pyrrole nitrogens is 1.